The van der Waals surface area contributed by atoms with Gasteiger partial charge in [-0.2, -0.15) is 13.2 Å². The van der Waals surface area contributed by atoms with Gasteiger partial charge in [-0.15, -0.1) is 0 Å². The Morgan fingerprint density at radius 2 is 1.82 bits per heavy atom. The van der Waals surface area contributed by atoms with Crippen molar-refractivity contribution in [2.24, 2.45) is 0 Å². The van der Waals surface area contributed by atoms with Crippen molar-refractivity contribution in [3.8, 4) is 5.75 Å². The highest BCUT2D eigenvalue weighted by Gasteiger charge is 2.52. The lowest BCUT2D eigenvalue weighted by Crippen LogP contribution is -2.39. The van der Waals surface area contributed by atoms with Gasteiger partial charge in [0.15, 0.2) is 5.60 Å². The fourth-order valence-electron chi connectivity index (χ4n) is 1.36. The third-order valence-electron chi connectivity index (χ3n) is 2.43. The summed E-state index contributed by atoms with van der Waals surface area (Å²) < 4.78 is 43.4. The highest BCUT2D eigenvalue weighted by Crippen LogP contribution is 2.42. The lowest BCUT2D eigenvalue weighted by atomic mass is 9.94. The van der Waals surface area contributed by atoms with E-state index < -0.39 is 11.8 Å². The quantitative estimate of drug-likeness (QED) is 0.886. The van der Waals surface area contributed by atoms with E-state index in [1.807, 2.05) is 6.92 Å². The molecule has 1 rings (SSSR count). The Kier molecular flexibility index (Phi) is 4.03. The van der Waals surface area contributed by atoms with Crippen molar-refractivity contribution >= 4 is 0 Å². The molecule has 0 saturated carbocycles. The van der Waals surface area contributed by atoms with Crippen LogP contribution in [0.25, 0.3) is 0 Å². The summed E-state index contributed by atoms with van der Waals surface area (Å²) in [6.45, 7) is 2.89. The molecule has 96 valence electrons. The average Bonchev–Trinajstić information content (AvgIpc) is 2.25. The van der Waals surface area contributed by atoms with E-state index in [-0.39, 0.29) is 11.3 Å². The van der Waals surface area contributed by atoms with Gasteiger partial charge in [0.05, 0.1) is 6.61 Å². The minimum Gasteiger partial charge on any atom is -0.493 e. The molecule has 0 aliphatic carbocycles. The normalized spacial score (nSPS) is 15.4. The molecule has 0 spiro atoms. The van der Waals surface area contributed by atoms with Gasteiger partial charge in [-0.1, -0.05) is 25.1 Å². The molecule has 0 aliphatic rings. The number of rotatable bonds is 4. The van der Waals surface area contributed by atoms with Crippen molar-refractivity contribution in [2.45, 2.75) is 32.0 Å². The van der Waals surface area contributed by atoms with Crippen LogP contribution in [0.2, 0.25) is 0 Å². The molecule has 0 fully saturated rings. The Morgan fingerprint density at radius 3 is 2.35 bits per heavy atom. The van der Waals surface area contributed by atoms with Crippen LogP contribution in [-0.2, 0) is 5.60 Å². The monoisotopic (exact) mass is 248 g/mol. The van der Waals surface area contributed by atoms with Crippen molar-refractivity contribution < 1.29 is 23.0 Å². The lowest BCUT2D eigenvalue weighted by Gasteiger charge is -2.28. The minimum absolute atomic E-state index is 0.0664. The zero-order valence-electron chi connectivity index (χ0n) is 9.71. The molecule has 0 aromatic heterocycles. The van der Waals surface area contributed by atoms with Gasteiger partial charge in [-0.25, -0.2) is 0 Å². The molecular formula is C12H15F3O2. The van der Waals surface area contributed by atoms with Crippen LogP contribution in [-0.4, -0.2) is 17.9 Å². The van der Waals surface area contributed by atoms with Crippen LogP contribution in [0.15, 0.2) is 24.3 Å². The summed E-state index contributed by atoms with van der Waals surface area (Å²) in [5, 5.41) is 9.60. The predicted molar refractivity (Wildman–Crippen MR) is 57.9 cm³/mol. The van der Waals surface area contributed by atoms with E-state index in [1.54, 1.807) is 6.07 Å². The number of alkyl halides is 3. The molecule has 0 amide bonds. The van der Waals surface area contributed by atoms with Crippen molar-refractivity contribution in [3.05, 3.63) is 29.8 Å². The fraction of sp³-hybridized carbons (Fsp3) is 0.500. The highest BCUT2D eigenvalue weighted by atomic mass is 19.4. The van der Waals surface area contributed by atoms with Crippen molar-refractivity contribution in [2.75, 3.05) is 6.61 Å². The van der Waals surface area contributed by atoms with E-state index in [4.69, 9.17) is 4.74 Å². The molecule has 0 aliphatic heterocycles. The predicted octanol–water partition coefficient (Wildman–Crippen LogP) is 3.25. The fourth-order valence-corrected chi connectivity index (χ4v) is 1.36. The SMILES string of the molecule is CCCOc1ccccc1C(C)(O)C(F)(F)F. The summed E-state index contributed by atoms with van der Waals surface area (Å²) in [4.78, 5) is 0. The summed E-state index contributed by atoms with van der Waals surface area (Å²) >= 11 is 0. The number of hydrogen-bond acceptors (Lipinski definition) is 2. The zero-order valence-corrected chi connectivity index (χ0v) is 9.71. The van der Waals surface area contributed by atoms with E-state index in [2.05, 4.69) is 0 Å². The number of ether oxygens (including phenoxy) is 1. The molecule has 1 N–H and O–H groups in total. The van der Waals surface area contributed by atoms with Gasteiger partial charge in [-0.3, -0.25) is 0 Å². The topological polar surface area (TPSA) is 29.5 Å². The van der Waals surface area contributed by atoms with Gasteiger partial charge in [-0.05, 0) is 19.4 Å². The van der Waals surface area contributed by atoms with Crippen LogP contribution in [0.4, 0.5) is 13.2 Å². The molecule has 0 saturated heterocycles. The zero-order chi connectivity index (χ0) is 13.1. The van der Waals surface area contributed by atoms with E-state index in [9.17, 15) is 18.3 Å². The Balaban J connectivity index is 3.12. The van der Waals surface area contributed by atoms with E-state index in [0.29, 0.717) is 13.0 Å². The minimum atomic E-state index is -4.74. The number of benzene rings is 1. The first kappa shape index (κ1) is 13.8. The molecule has 17 heavy (non-hydrogen) atoms. The highest BCUT2D eigenvalue weighted by molar-refractivity contribution is 5.38. The van der Waals surface area contributed by atoms with Gasteiger partial charge in [0, 0.05) is 5.56 Å². The van der Waals surface area contributed by atoms with Crippen LogP contribution in [0, 0.1) is 0 Å². The first-order valence-corrected chi connectivity index (χ1v) is 5.32. The van der Waals surface area contributed by atoms with E-state index in [1.165, 1.54) is 18.2 Å². The molecule has 0 radical (unpaired) electrons. The second-order valence-corrected chi connectivity index (χ2v) is 3.91. The first-order chi connectivity index (χ1) is 7.80. The van der Waals surface area contributed by atoms with Crippen LogP contribution in [0.1, 0.15) is 25.8 Å². The van der Waals surface area contributed by atoms with Gasteiger partial charge in [0.1, 0.15) is 5.75 Å². The van der Waals surface area contributed by atoms with Crippen LogP contribution in [0.5, 0.6) is 5.75 Å². The molecule has 0 bridgehead atoms. The molecule has 1 aromatic rings. The van der Waals surface area contributed by atoms with Crippen molar-refractivity contribution in [3.63, 3.8) is 0 Å². The third kappa shape index (κ3) is 2.91. The number of aliphatic hydroxyl groups is 1. The van der Waals surface area contributed by atoms with Crippen LogP contribution >= 0.6 is 0 Å². The molecular weight excluding hydrogens is 233 g/mol. The van der Waals surface area contributed by atoms with E-state index >= 15 is 0 Å². The number of para-hydroxylation sites is 1. The maximum Gasteiger partial charge on any atom is 0.421 e. The Bertz CT molecular complexity index is 372. The molecule has 1 unspecified atom stereocenters. The van der Waals surface area contributed by atoms with Gasteiger partial charge < -0.3 is 9.84 Å². The summed E-state index contributed by atoms with van der Waals surface area (Å²) in [6, 6.07) is 5.65. The summed E-state index contributed by atoms with van der Waals surface area (Å²) in [5.41, 5.74) is -3.17. The number of hydrogen-bond donors (Lipinski definition) is 1. The van der Waals surface area contributed by atoms with E-state index in [0.717, 1.165) is 6.92 Å². The van der Waals surface area contributed by atoms with Gasteiger partial charge >= 0.3 is 6.18 Å². The first-order valence-electron chi connectivity index (χ1n) is 5.32. The third-order valence-corrected chi connectivity index (χ3v) is 2.43. The average molecular weight is 248 g/mol. The summed E-state index contributed by atoms with van der Waals surface area (Å²) in [6.07, 6.45) is -4.05. The second-order valence-electron chi connectivity index (χ2n) is 3.91. The van der Waals surface area contributed by atoms with Crippen LogP contribution < -0.4 is 4.74 Å². The second kappa shape index (κ2) is 4.96. The van der Waals surface area contributed by atoms with Crippen molar-refractivity contribution in [1.82, 2.24) is 0 Å². The molecule has 5 heteroatoms. The smallest absolute Gasteiger partial charge is 0.421 e. The molecule has 1 atom stereocenters. The molecule has 0 heterocycles. The Morgan fingerprint density at radius 1 is 1.24 bits per heavy atom. The molecule has 2 nitrogen and oxygen atoms in total. The largest absolute Gasteiger partial charge is 0.493 e. The van der Waals surface area contributed by atoms with Gasteiger partial charge in [0.25, 0.3) is 0 Å². The number of halogens is 3. The standard InChI is InChI=1S/C12H15F3O2/c1-3-8-17-10-7-5-4-6-9(10)11(2,16)12(13,14)15/h4-7,16H,3,8H2,1-2H3. The molecule has 1 aromatic carbocycles. The lowest BCUT2D eigenvalue weighted by molar-refractivity contribution is -0.259. The Labute approximate surface area is 98.0 Å². The summed E-state index contributed by atoms with van der Waals surface area (Å²) in [7, 11) is 0. The Hall–Kier alpha value is -1.23. The van der Waals surface area contributed by atoms with Crippen LogP contribution in [0.3, 0.4) is 0 Å². The van der Waals surface area contributed by atoms with Crippen molar-refractivity contribution in [1.29, 1.82) is 0 Å². The maximum atomic E-state index is 12.7. The van der Waals surface area contributed by atoms with Gasteiger partial charge in [0.2, 0.25) is 0 Å². The maximum absolute atomic E-state index is 12.7. The summed E-state index contributed by atoms with van der Waals surface area (Å²) in [5.74, 6) is 0.0664.